The molecule has 1 aliphatic heterocycles. The number of hydrogen-bond donors (Lipinski definition) is 3. The van der Waals surface area contributed by atoms with Crippen LogP contribution in [0, 0.1) is 0 Å². The summed E-state index contributed by atoms with van der Waals surface area (Å²) in [6, 6.07) is 12.2. The van der Waals surface area contributed by atoms with Gasteiger partial charge in [-0.1, -0.05) is 12.1 Å². The van der Waals surface area contributed by atoms with Crippen LogP contribution in [0.5, 0.6) is 5.75 Å². The number of piperazine rings is 1. The first-order valence-corrected chi connectivity index (χ1v) is 10.9. The minimum atomic E-state index is -0.467. The largest absolute Gasteiger partial charge is 0.506 e. The second kappa shape index (κ2) is 11.5. The number of benzene rings is 2. The molecule has 3 N–H and O–H groups in total. The Morgan fingerprint density at radius 1 is 1.09 bits per heavy atom. The van der Waals surface area contributed by atoms with E-state index in [1.807, 2.05) is 18.2 Å². The van der Waals surface area contributed by atoms with Gasteiger partial charge in [-0.05, 0) is 56.3 Å². The molecule has 2 aromatic rings. The summed E-state index contributed by atoms with van der Waals surface area (Å²) in [7, 11) is 2.13. The lowest BCUT2D eigenvalue weighted by Crippen LogP contribution is -2.44. The highest BCUT2D eigenvalue weighted by Gasteiger charge is 2.13. The van der Waals surface area contributed by atoms with Gasteiger partial charge in [0, 0.05) is 50.5 Å². The Kier molecular flexibility index (Phi) is 8.47. The Bertz CT molecular complexity index is 926. The van der Waals surface area contributed by atoms with Crippen LogP contribution in [0.25, 0.3) is 0 Å². The zero-order valence-corrected chi connectivity index (χ0v) is 18.8. The molecule has 1 amide bonds. The predicted molar refractivity (Wildman–Crippen MR) is 125 cm³/mol. The maximum Gasteiger partial charge on any atom is 0.411 e. The molecule has 1 heterocycles. The number of phenolic OH excluding ortho intramolecular Hbond substituents is 1. The Hall–Kier alpha value is -3.10. The molecule has 0 atom stereocenters. The molecular formula is C24H32N4O4. The number of likely N-dealkylation sites (N-methyl/N-ethyl adjacent to an activating group) is 1. The van der Waals surface area contributed by atoms with E-state index in [2.05, 4.69) is 27.5 Å². The van der Waals surface area contributed by atoms with Gasteiger partial charge in [0.15, 0.2) is 5.78 Å². The topological polar surface area (TPSA) is 94.1 Å². The quantitative estimate of drug-likeness (QED) is 0.313. The second-order valence-corrected chi connectivity index (χ2v) is 8.10. The molecule has 0 aromatic heterocycles. The summed E-state index contributed by atoms with van der Waals surface area (Å²) in [5.41, 5.74) is 2.56. The van der Waals surface area contributed by atoms with Gasteiger partial charge in [0.2, 0.25) is 0 Å². The lowest BCUT2D eigenvalue weighted by molar-refractivity contribution is 0.101. The molecule has 0 saturated carbocycles. The number of nitrogens with one attached hydrogen (secondary N) is 2. The van der Waals surface area contributed by atoms with E-state index in [0.29, 0.717) is 30.1 Å². The van der Waals surface area contributed by atoms with E-state index in [4.69, 9.17) is 4.74 Å². The highest BCUT2D eigenvalue weighted by atomic mass is 16.5. The number of anilines is 2. The number of carbonyl (C=O) groups excluding carboxylic acids is 2. The van der Waals surface area contributed by atoms with Gasteiger partial charge in [0.25, 0.3) is 0 Å². The maximum absolute atomic E-state index is 12.1. The van der Waals surface area contributed by atoms with E-state index >= 15 is 0 Å². The summed E-state index contributed by atoms with van der Waals surface area (Å²) < 4.78 is 5.31. The molecule has 32 heavy (non-hydrogen) atoms. The molecule has 1 fully saturated rings. The summed E-state index contributed by atoms with van der Waals surface area (Å²) >= 11 is 0. The van der Waals surface area contributed by atoms with Crippen molar-refractivity contribution in [2.45, 2.75) is 19.9 Å². The molecular weight excluding hydrogens is 408 g/mol. The number of carbonyl (C=O) groups is 2. The Morgan fingerprint density at radius 3 is 2.59 bits per heavy atom. The summed E-state index contributed by atoms with van der Waals surface area (Å²) in [4.78, 5) is 28.2. The van der Waals surface area contributed by atoms with Crippen molar-refractivity contribution in [2.75, 3.05) is 57.0 Å². The van der Waals surface area contributed by atoms with Crippen molar-refractivity contribution in [1.29, 1.82) is 0 Å². The predicted octanol–water partition coefficient (Wildman–Crippen LogP) is 3.39. The molecule has 8 nitrogen and oxygen atoms in total. The number of Topliss-reactive ketones (excluding diaryl/α,β-unsaturated/α-hetero) is 1. The van der Waals surface area contributed by atoms with Crippen molar-refractivity contribution in [3.8, 4) is 5.75 Å². The molecule has 1 saturated heterocycles. The summed E-state index contributed by atoms with van der Waals surface area (Å²) in [5.74, 6) is -0.0797. The van der Waals surface area contributed by atoms with Gasteiger partial charge in [-0.3, -0.25) is 10.1 Å². The van der Waals surface area contributed by atoms with Crippen LogP contribution in [-0.4, -0.2) is 73.2 Å². The van der Waals surface area contributed by atoms with Gasteiger partial charge in [0.1, 0.15) is 5.75 Å². The smallest absolute Gasteiger partial charge is 0.411 e. The van der Waals surface area contributed by atoms with Crippen molar-refractivity contribution < 1.29 is 19.4 Å². The van der Waals surface area contributed by atoms with Crippen molar-refractivity contribution >= 4 is 23.3 Å². The lowest BCUT2D eigenvalue weighted by atomic mass is 10.1. The molecule has 0 radical (unpaired) electrons. The lowest BCUT2D eigenvalue weighted by Gasteiger charge is -2.32. The molecule has 0 spiro atoms. The number of ether oxygens (including phenoxy) is 1. The number of phenols is 1. The van der Waals surface area contributed by atoms with Crippen LogP contribution in [0.3, 0.4) is 0 Å². The van der Waals surface area contributed by atoms with E-state index in [-0.39, 0.29) is 11.5 Å². The van der Waals surface area contributed by atoms with Crippen LogP contribution in [-0.2, 0) is 11.3 Å². The van der Waals surface area contributed by atoms with Crippen LogP contribution < -0.4 is 10.6 Å². The SMILES string of the molecule is CC(=O)c1ccc(NCc2cccc(NC(=O)OCCCN3CCN(C)CC3)c2)c(O)c1. The van der Waals surface area contributed by atoms with Crippen LogP contribution in [0.15, 0.2) is 42.5 Å². The molecule has 0 bridgehead atoms. The van der Waals surface area contributed by atoms with Gasteiger partial charge >= 0.3 is 6.09 Å². The number of ketones is 1. The van der Waals surface area contributed by atoms with Crippen LogP contribution in [0.1, 0.15) is 29.3 Å². The van der Waals surface area contributed by atoms with Crippen molar-refractivity contribution in [3.05, 3.63) is 53.6 Å². The average molecular weight is 441 g/mol. The molecule has 8 heteroatoms. The number of nitrogens with zero attached hydrogens (tertiary/aromatic N) is 2. The van der Waals surface area contributed by atoms with Crippen molar-refractivity contribution in [3.63, 3.8) is 0 Å². The van der Waals surface area contributed by atoms with Crippen molar-refractivity contribution in [2.24, 2.45) is 0 Å². The summed E-state index contributed by atoms with van der Waals surface area (Å²) in [6.07, 6.45) is 0.346. The first-order chi connectivity index (χ1) is 15.4. The van der Waals surface area contributed by atoms with Crippen LogP contribution >= 0.6 is 0 Å². The second-order valence-electron chi connectivity index (χ2n) is 8.10. The van der Waals surface area contributed by atoms with E-state index in [1.54, 1.807) is 18.2 Å². The Morgan fingerprint density at radius 2 is 1.88 bits per heavy atom. The molecule has 3 rings (SSSR count). The minimum Gasteiger partial charge on any atom is -0.506 e. The van der Waals surface area contributed by atoms with Crippen molar-refractivity contribution in [1.82, 2.24) is 9.80 Å². The number of amides is 1. The summed E-state index contributed by atoms with van der Waals surface area (Å²) in [6.45, 7) is 7.50. The number of rotatable bonds is 9. The Balaban J connectivity index is 1.41. The first kappa shape index (κ1) is 23.6. The minimum absolute atomic E-state index is 0.0205. The van der Waals surface area contributed by atoms with Gasteiger partial charge in [-0.25, -0.2) is 4.79 Å². The molecule has 0 aliphatic carbocycles. The molecule has 172 valence electrons. The van der Waals surface area contributed by atoms with Crippen LogP contribution in [0.2, 0.25) is 0 Å². The first-order valence-electron chi connectivity index (χ1n) is 10.9. The van der Waals surface area contributed by atoms with E-state index in [9.17, 15) is 14.7 Å². The third-order valence-corrected chi connectivity index (χ3v) is 5.51. The molecule has 1 aliphatic rings. The third-order valence-electron chi connectivity index (χ3n) is 5.51. The van der Waals surface area contributed by atoms with Crippen LogP contribution in [0.4, 0.5) is 16.2 Å². The normalized spacial score (nSPS) is 14.7. The molecule has 0 unspecified atom stereocenters. The highest BCUT2D eigenvalue weighted by molar-refractivity contribution is 5.95. The van der Waals surface area contributed by atoms with E-state index < -0.39 is 6.09 Å². The third kappa shape index (κ3) is 7.25. The Labute approximate surface area is 189 Å². The monoisotopic (exact) mass is 440 g/mol. The highest BCUT2D eigenvalue weighted by Crippen LogP contribution is 2.25. The van der Waals surface area contributed by atoms with Gasteiger partial charge in [-0.2, -0.15) is 0 Å². The van der Waals surface area contributed by atoms with Gasteiger partial charge in [-0.15, -0.1) is 0 Å². The van der Waals surface area contributed by atoms with E-state index in [1.165, 1.54) is 13.0 Å². The summed E-state index contributed by atoms with van der Waals surface area (Å²) in [5, 5.41) is 16.0. The maximum atomic E-state index is 12.1. The molecule has 2 aromatic carbocycles. The number of hydrogen-bond acceptors (Lipinski definition) is 7. The fraction of sp³-hybridized carbons (Fsp3) is 0.417. The fourth-order valence-corrected chi connectivity index (χ4v) is 3.53. The average Bonchev–Trinajstić information content (AvgIpc) is 2.77. The zero-order valence-electron chi connectivity index (χ0n) is 18.8. The van der Waals surface area contributed by atoms with Gasteiger partial charge in [0.05, 0.1) is 12.3 Å². The zero-order chi connectivity index (χ0) is 22.9. The van der Waals surface area contributed by atoms with E-state index in [0.717, 1.165) is 44.7 Å². The standard InChI is InChI=1S/C24H32N4O4/c1-18(29)20-7-8-22(23(30)16-20)25-17-19-5-3-6-21(15-19)26-24(31)32-14-4-9-28-12-10-27(2)11-13-28/h3,5-8,15-16,25,30H,4,9-14,17H2,1-2H3,(H,26,31). The van der Waals surface area contributed by atoms with Gasteiger partial charge < -0.3 is 25.0 Å². The number of aromatic hydroxyl groups is 1. The fourth-order valence-electron chi connectivity index (χ4n) is 3.53.